The number of carbonyl (C=O) groups excluding carboxylic acids is 1. The van der Waals surface area contributed by atoms with E-state index in [1.807, 2.05) is 20.8 Å². The number of likely N-dealkylation sites (tertiary alicyclic amines) is 1. The Balaban J connectivity index is 2.37. The largest absolute Gasteiger partial charge is 0.363 e. The van der Waals surface area contributed by atoms with Crippen LogP contribution in [-0.2, 0) is 9.53 Å². The van der Waals surface area contributed by atoms with E-state index in [0.29, 0.717) is 13.0 Å². The van der Waals surface area contributed by atoms with Gasteiger partial charge in [0.1, 0.15) is 5.41 Å². The van der Waals surface area contributed by atoms with Crippen molar-refractivity contribution in [1.29, 1.82) is 0 Å². The predicted molar refractivity (Wildman–Crippen MR) is 55.1 cm³/mol. The van der Waals surface area contributed by atoms with Crippen LogP contribution in [0.4, 0.5) is 0 Å². The first-order valence-corrected chi connectivity index (χ1v) is 5.39. The van der Waals surface area contributed by atoms with Gasteiger partial charge in [0.25, 0.3) is 0 Å². The maximum atomic E-state index is 12.2. The fourth-order valence-corrected chi connectivity index (χ4v) is 2.40. The number of β-amino-alcohol motifs (C(OH)–C–C–N with tert-alkyl or cyclic N) is 1. The molecular weight excluding hydrogens is 194 g/mol. The van der Waals surface area contributed by atoms with Gasteiger partial charge < -0.3 is 14.7 Å². The highest BCUT2D eigenvalue weighted by atomic mass is 16.6. The lowest BCUT2D eigenvalue weighted by Crippen LogP contribution is -2.45. The lowest BCUT2D eigenvalue weighted by molar-refractivity contribution is -0.201. The lowest BCUT2D eigenvalue weighted by atomic mass is 9.82. The first-order chi connectivity index (χ1) is 6.71. The first kappa shape index (κ1) is 10.9. The van der Waals surface area contributed by atoms with Crippen LogP contribution in [0.5, 0.6) is 0 Å². The Morgan fingerprint density at radius 1 is 1.47 bits per heavy atom. The van der Waals surface area contributed by atoms with E-state index in [0.717, 1.165) is 0 Å². The normalized spacial score (nSPS) is 41.1. The number of amides is 1. The van der Waals surface area contributed by atoms with Gasteiger partial charge in [0.05, 0.1) is 13.2 Å². The van der Waals surface area contributed by atoms with Crippen molar-refractivity contribution >= 4 is 5.91 Å². The van der Waals surface area contributed by atoms with Crippen molar-refractivity contribution in [2.75, 3.05) is 13.2 Å². The molecule has 0 aromatic carbocycles. The third-order valence-electron chi connectivity index (χ3n) is 3.70. The van der Waals surface area contributed by atoms with Gasteiger partial charge in [0.2, 0.25) is 5.91 Å². The number of carbonyl (C=O) groups is 1. The van der Waals surface area contributed by atoms with Gasteiger partial charge in [0.15, 0.2) is 5.79 Å². The van der Waals surface area contributed by atoms with Crippen LogP contribution >= 0.6 is 0 Å². The molecule has 1 amide bonds. The minimum absolute atomic E-state index is 0.00926. The molecule has 86 valence electrons. The summed E-state index contributed by atoms with van der Waals surface area (Å²) >= 11 is 0. The predicted octanol–water partition coefficient (Wildman–Crippen LogP) is 0.742. The summed E-state index contributed by atoms with van der Waals surface area (Å²) in [5.74, 6) is -1.27. The van der Waals surface area contributed by atoms with Crippen LogP contribution in [0.25, 0.3) is 0 Å². The Morgan fingerprint density at radius 3 is 2.53 bits per heavy atom. The molecule has 2 saturated heterocycles. The van der Waals surface area contributed by atoms with Gasteiger partial charge >= 0.3 is 0 Å². The van der Waals surface area contributed by atoms with Crippen LogP contribution < -0.4 is 0 Å². The molecule has 0 aliphatic carbocycles. The third-order valence-corrected chi connectivity index (χ3v) is 3.70. The van der Waals surface area contributed by atoms with Crippen molar-refractivity contribution < 1.29 is 14.6 Å². The summed E-state index contributed by atoms with van der Waals surface area (Å²) < 4.78 is 5.36. The molecule has 0 bridgehead atoms. The average molecular weight is 213 g/mol. The van der Waals surface area contributed by atoms with Crippen LogP contribution in [0.2, 0.25) is 0 Å². The lowest BCUT2D eigenvalue weighted by Gasteiger charge is -2.33. The molecule has 0 aromatic heterocycles. The van der Waals surface area contributed by atoms with Crippen LogP contribution in [0.1, 0.15) is 34.1 Å². The smallest absolute Gasteiger partial charge is 0.234 e. The molecule has 2 rings (SSSR count). The van der Waals surface area contributed by atoms with E-state index in [-0.39, 0.29) is 18.0 Å². The van der Waals surface area contributed by atoms with E-state index in [9.17, 15) is 9.90 Å². The Bertz CT molecular complexity index is 309. The third kappa shape index (κ3) is 1.24. The summed E-state index contributed by atoms with van der Waals surface area (Å²) in [6.07, 6.45) is 0.606. The van der Waals surface area contributed by atoms with Gasteiger partial charge in [-0.3, -0.25) is 4.79 Å². The van der Waals surface area contributed by atoms with Crippen LogP contribution in [0.3, 0.4) is 0 Å². The minimum atomic E-state index is -1.28. The molecule has 15 heavy (non-hydrogen) atoms. The van der Waals surface area contributed by atoms with Gasteiger partial charge in [0, 0.05) is 5.54 Å². The molecule has 4 heteroatoms. The maximum Gasteiger partial charge on any atom is 0.234 e. The molecule has 2 atom stereocenters. The summed E-state index contributed by atoms with van der Waals surface area (Å²) in [6, 6.07) is 0. The van der Waals surface area contributed by atoms with Crippen molar-refractivity contribution in [2.45, 2.75) is 45.4 Å². The Hall–Kier alpha value is -0.610. The fourth-order valence-electron chi connectivity index (χ4n) is 2.40. The van der Waals surface area contributed by atoms with E-state index in [1.54, 1.807) is 11.8 Å². The molecule has 0 radical (unpaired) electrons. The average Bonchev–Trinajstić information content (AvgIpc) is 2.46. The van der Waals surface area contributed by atoms with Gasteiger partial charge in [-0.2, -0.15) is 0 Å². The number of aliphatic hydroxyl groups is 1. The first-order valence-electron chi connectivity index (χ1n) is 5.39. The molecule has 0 aromatic rings. The van der Waals surface area contributed by atoms with Gasteiger partial charge in [-0.25, -0.2) is 0 Å². The maximum absolute atomic E-state index is 12.2. The number of nitrogens with zero attached hydrogens (tertiary/aromatic N) is 1. The van der Waals surface area contributed by atoms with Crippen molar-refractivity contribution in [3.8, 4) is 0 Å². The minimum Gasteiger partial charge on any atom is -0.363 e. The van der Waals surface area contributed by atoms with Crippen LogP contribution in [-0.4, -0.2) is 40.4 Å². The van der Waals surface area contributed by atoms with Gasteiger partial charge in [-0.1, -0.05) is 0 Å². The van der Waals surface area contributed by atoms with E-state index in [1.165, 1.54) is 0 Å². The Kier molecular flexibility index (Phi) is 1.99. The summed E-state index contributed by atoms with van der Waals surface area (Å²) in [5.41, 5.74) is -1.01. The molecular formula is C11H19NO3. The SMILES string of the molecule is CC(C)(C)N1C[C@]2(O)OCC[C@]2(C)C1=O. The molecule has 2 aliphatic rings. The number of hydrogen-bond donors (Lipinski definition) is 1. The van der Waals surface area contributed by atoms with Crippen molar-refractivity contribution in [1.82, 2.24) is 4.90 Å². The second-order valence-electron chi connectivity index (χ2n) is 5.78. The summed E-state index contributed by atoms with van der Waals surface area (Å²) in [5, 5.41) is 10.3. The molecule has 2 fully saturated rings. The zero-order valence-corrected chi connectivity index (χ0v) is 9.83. The molecule has 1 N–H and O–H groups in total. The van der Waals surface area contributed by atoms with Crippen LogP contribution in [0.15, 0.2) is 0 Å². The van der Waals surface area contributed by atoms with Crippen molar-refractivity contribution in [2.24, 2.45) is 5.41 Å². The molecule has 2 heterocycles. The zero-order chi connectivity index (χ0) is 11.5. The van der Waals surface area contributed by atoms with E-state index in [4.69, 9.17) is 4.74 Å². The molecule has 2 aliphatic heterocycles. The van der Waals surface area contributed by atoms with Crippen molar-refractivity contribution in [3.05, 3.63) is 0 Å². The Morgan fingerprint density at radius 2 is 2.07 bits per heavy atom. The van der Waals surface area contributed by atoms with Crippen LogP contribution in [0, 0.1) is 5.41 Å². The number of ether oxygens (including phenoxy) is 1. The van der Waals surface area contributed by atoms with E-state index >= 15 is 0 Å². The second kappa shape index (κ2) is 2.74. The number of fused-ring (bicyclic) bond motifs is 1. The van der Waals surface area contributed by atoms with Gasteiger partial charge in [-0.05, 0) is 34.1 Å². The zero-order valence-electron chi connectivity index (χ0n) is 9.83. The Labute approximate surface area is 90.2 Å². The van der Waals surface area contributed by atoms with E-state index in [2.05, 4.69) is 0 Å². The molecule has 4 nitrogen and oxygen atoms in total. The van der Waals surface area contributed by atoms with Gasteiger partial charge in [-0.15, -0.1) is 0 Å². The highest BCUT2D eigenvalue weighted by molar-refractivity contribution is 5.87. The highest BCUT2D eigenvalue weighted by Gasteiger charge is 2.65. The van der Waals surface area contributed by atoms with Crippen molar-refractivity contribution in [3.63, 3.8) is 0 Å². The number of hydrogen-bond acceptors (Lipinski definition) is 3. The number of rotatable bonds is 0. The fraction of sp³-hybridized carbons (Fsp3) is 0.909. The summed E-state index contributed by atoms with van der Waals surface area (Å²) in [6.45, 7) is 8.46. The second-order valence-corrected chi connectivity index (χ2v) is 5.78. The molecule has 0 unspecified atom stereocenters. The van der Waals surface area contributed by atoms with E-state index < -0.39 is 11.2 Å². The molecule has 0 saturated carbocycles. The summed E-state index contributed by atoms with van der Waals surface area (Å²) in [4.78, 5) is 14.0. The topological polar surface area (TPSA) is 49.8 Å². The standard InChI is InChI=1S/C11H19NO3/c1-9(2,3)12-7-11(14)10(4,8(12)13)5-6-15-11/h14H,5-7H2,1-4H3/t10-,11+/m1/s1. The quantitative estimate of drug-likeness (QED) is 0.645. The molecule has 0 spiro atoms. The highest BCUT2D eigenvalue weighted by Crippen LogP contribution is 2.50. The monoisotopic (exact) mass is 213 g/mol. The summed E-state index contributed by atoms with van der Waals surface area (Å²) in [7, 11) is 0.